The van der Waals surface area contributed by atoms with Gasteiger partial charge >= 0.3 is 0 Å². The van der Waals surface area contributed by atoms with Crippen molar-refractivity contribution in [2.75, 3.05) is 32.8 Å². The van der Waals surface area contributed by atoms with Crippen LogP contribution >= 0.6 is 12.4 Å². The number of ether oxygens (including phenoxy) is 1. The molecule has 5 heteroatoms. The first kappa shape index (κ1) is 14.7. The number of piperidine rings is 1. The lowest BCUT2D eigenvalue weighted by Crippen LogP contribution is -2.43. The van der Waals surface area contributed by atoms with Crippen LogP contribution in [-0.4, -0.2) is 43.7 Å². The minimum absolute atomic E-state index is 0. The van der Waals surface area contributed by atoms with Gasteiger partial charge in [0.25, 0.3) is 0 Å². The molecule has 1 saturated heterocycles. The summed E-state index contributed by atoms with van der Waals surface area (Å²) in [4.78, 5) is 13.5. The number of amides is 1. The van der Waals surface area contributed by atoms with Crippen molar-refractivity contribution in [1.82, 2.24) is 4.90 Å². The topological polar surface area (TPSA) is 55.6 Å². The van der Waals surface area contributed by atoms with E-state index in [9.17, 15) is 4.79 Å². The van der Waals surface area contributed by atoms with Gasteiger partial charge in [-0.25, -0.2) is 0 Å². The highest BCUT2D eigenvalue weighted by Gasteiger charge is 2.22. The van der Waals surface area contributed by atoms with E-state index >= 15 is 0 Å². The SMILES string of the molecule is CCOCC(=O)N1CCCC(CN)C1.Cl. The van der Waals surface area contributed by atoms with Crippen LogP contribution in [-0.2, 0) is 9.53 Å². The average Bonchev–Trinajstić information content (AvgIpc) is 2.26. The summed E-state index contributed by atoms with van der Waals surface area (Å²) in [6.07, 6.45) is 2.22. The summed E-state index contributed by atoms with van der Waals surface area (Å²) in [6, 6.07) is 0. The zero-order chi connectivity index (χ0) is 10.4. The molecule has 0 bridgehead atoms. The molecular weight excluding hydrogens is 216 g/mol. The van der Waals surface area contributed by atoms with E-state index in [1.807, 2.05) is 11.8 Å². The number of carbonyl (C=O) groups excluding carboxylic acids is 1. The molecule has 0 aliphatic carbocycles. The molecule has 90 valence electrons. The van der Waals surface area contributed by atoms with Crippen LogP contribution in [0.15, 0.2) is 0 Å². The van der Waals surface area contributed by atoms with Crippen LogP contribution in [0.5, 0.6) is 0 Å². The average molecular weight is 237 g/mol. The number of rotatable bonds is 4. The maximum Gasteiger partial charge on any atom is 0.248 e. The van der Waals surface area contributed by atoms with E-state index in [0.29, 0.717) is 19.1 Å². The molecule has 4 nitrogen and oxygen atoms in total. The predicted octanol–water partition coefficient (Wildman–Crippen LogP) is 0.642. The lowest BCUT2D eigenvalue weighted by Gasteiger charge is -2.32. The Kier molecular flexibility index (Phi) is 7.74. The second-order valence-electron chi connectivity index (χ2n) is 3.72. The van der Waals surface area contributed by atoms with Crippen LogP contribution < -0.4 is 5.73 Å². The number of nitrogens with two attached hydrogens (primary N) is 1. The fourth-order valence-electron chi connectivity index (χ4n) is 1.76. The Morgan fingerprint density at radius 3 is 2.93 bits per heavy atom. The molecule has 0 saturated carbocycles. The predicted molar refractivity (Wildman–Crippen MR) is 62.1 cm³/mol. The zero-order valence-electron chi connectivity index (χ0n) is 9.28. The molecule has 1 aliphatic rings. The fraction of sp³-hybridized carbons (Fsp3) is 0.900. The van der Waals surface area contributed by atoms with Crippen molar-refractivity contribution in [3.8, 4) is 0 Å². The van der Waals surface area contributed by atoms with Gasteiger partial charge in [-0.1, -0.05) is 0 Å². The summed E-state index contributed by atoms with van der Waals surface area (Å²) in [5.41, 5.74) is 5.60. The third kappa shape index (κ3) is 4.82. The van der Waals surface area contributed by atoms with Gasteiger partial charge < -0.3 is 15.4 Å². The van der Waals surface area contributed by atoms with Gasteiger partial charge in [0, 0.05) is 19.7 Å². The van der Waals surface area contributed by atoms with Crippen LogP contribution in [0.1, 0.15) is 19.8 Å². The van der Waals surface area contributed by atoms with Crippen molar-refractivity contribution in [3.63, 3.8) is 0 Å². The van der Waals surface area contributed by atoms with Gasteiger partial charge in [0.05, 0.1) is 0 Å². The molecule has 0 aromatic rings. The highest BCUT2D eigenvalue weighted by Crippen LogP contribution is 2.15. The Balaban J connectivity index is 0.00000196. The molecule has 1 rings (SSSR count). The van der Waals surface area contributed by atoms with Crippen molar-refractivity contribution in [3.05, 3.63) is 0 Å². The summed E-state index contributed by atoms with van der Waals surface area (Å²) in [6.45, 7) is 5.06. The Labute approximate surface area is 97.5 Å². The Morgan fingerprint density at radius 2 is 2.33 bits per heavy atom. The highest BCUT2D eigenvalue weighted by atomic mass is 35.5. The van der Waals surface area contributed by atoms with Crippen molar-refractivity contribution in [2.45, 2.75) is 19.8 Å². The lowest BCUT2D eigenvalue weighted by molar-refractivity contribution is -0.137. The molecule has 2 N–H and O–H groups in total. The Hall–Kier alpha value is -0.320. The number of nitrogens with zero attached hydrogens (tertiary/aromatic N) is 1. The first-order valence-electron chi connectivity index (χ1n) is 5.33. The van der Waals surface area contributed by atoms with E-state index < -0.39 is 0 Å². The highest BCUT2D eigenvalue weighted by molar-refractivity contribution is 5.85. The number of likely N-dealkylation sites (tertiary alicyclic amines) is 1. The van der Waals surface area contributed by atoms with Crippen LogP contribution in [0.4, 0.5) is 0 Å². The quantitative estimate of drug-likeness (QED) is 0.780. The van der Waals surface area contributed by atoms with Gasteiger partial charge in [0.2, 0.25) is 5.91 Å². The molecule has 1 amide bonds. The van der Waals surface area contributed by atoms with Gasteiger partial charge in [-0.2, -0.15) is 0 Å². The molecular formula is C10H21ClN2O2. The molecule has 1 heterocycles. The second-order valence-corrected chi connectivity index (χ2v) is 3.72. The third-order valence-electron chi connectivity index (χ3n) is 2.63. The molecule has 1 unspecified atom stereocenters. The van der Waals surface area contributed by atoms with E-state index in [2.05, 4.69) is 0 Å². The minimum Gasteiger partial charge on any atom is -0.372 e. The summed E-state index contributed by atoms with van der Waals surface area (Å²) < 4.78 is 5.09. The largest absolute Gasteiger partial charge is 0.372 e. The van der Waals surface area contributed by atoms with E-state index in [1.165, 1.54) is 0 Å². The molecule has 0 radical (unpaired) electrons. The number of halogens is 1. The van der Waals surface area contributed by atoms with Gasteiger partial charge in [-0.15, -0.1) is 12.4 Å². The standard InChI is InChI=1S/C10H20N2O2.ClH/c1-2-14-8-10(13)12-5-3-4-9(6-11)7-12;/h9H,2-8,11H2,1H3;1H. The van der Waals surface area contributed by atoms with Crippen LogP contribution in [0.2, 0.25) is 0 Å². The molecule has 1 atom stereocenters. The van der Waals surface area contributed by atoms with Crippen molar-refractivity contribution in [2.24, 2.45) is 11.7 Å². The first-order chi connectivity index (χ1) is 6.77. The number of carbonyl (C=O) groups is 1. The Morgan fingerprint density at radius 1 is 1.60 bits per heavy atom. The molecule has 0 aromatic carbocycles. The van der Waals surface area contributed by atoms with Gasteiger partial charge in [-0.05, 0) is 32.2 Å². The van der Waals surface area contributed by atoms with Crippen molar-refractivity contribution in [1.29, 1.82) is 0 Å². The third-order valence-corrected chi connectivity index (χ3v) is 2.63. The fourth-order valence-corrected chi connectivity index (χ4v) is 1.76. The minimum atomic E-state index is 0. The lowest BCUT2D eigenvalue weighted by atomic mass is 9.98. The van der Waals surface area contributed by atoms with Crippen LogP contribution in [0.25, 0.3) is 0 Å². The Bertz CT molecular complexity index is 190. The maximum absolute atomic E-state index is 11.6. The molecule has 15 heavy (non-hydrogen) atoms. The molecule has 1 aliphatic heterocycles. The van der Waals surface area contributed by atoms with Gasteiger partial charge in [-0.3, -0.25) is 4.79 Å². The smallest absolute Gasteiger partial charge is 0.248 e. The number of hydrogen-bond acceptors (Lipinski definition) is 3. The van der Waals surface area contributed by atoms with E-state index in [1.54, 1.807) is 0 Å². The van der Waals surface area contributed by atoms with Crippen molar-refractivity contribution >= 4 is 18.3 Å². The summed E-state index contributed by atoms with van der Waals surface area (Å²) in [5, 5.41) is 0. The molecule has 0 spiro atoms. The summed E-state index contributed by atoms with van der Waals surface area (Å²) >= 11 is 0. The maximum atomic E-state index is 11.6. The summed E-state index contributed by atoms with van der Waals surface area (Å²) in [5.74, 6) is 0.583. The van der Waals surface area contributed by atoms with Gasteiger partial charge in [0.1, 0.15) is 6.61 Å². The van der Waals surface area contributed by atoms with Crippen LogP contribution in [0, 0.1) is 5.92 Å². The normalized spacial score (nSPS) is 20.9. The molecule has 0 aromatic heterocycles. The van der Waals surface area contributed by atoms with Gasteiger partial charge in [0.15, 0.2) is 0 Å². The monoisotopic (exact) mass is 236 g/mol. The van der Waals surface area contributed by atoms with Crippen LogP contribution in [0.3, 0.4) is 0 Å². The summed E-state index contributed by atoms with van der Waals surface area (Å²) in [7, 11) is 0. The zero-order valence-corrected chi connectivity index (χ0v) is 10.1. The van der Waals surface area contributed by atoms with Crippen molar-refractivity contribution < 1.29 is 9.53 Å². The van der Waals surface area contributed by atoms with E-state index in [-0.39, 0.29) is 24.9 Å². The second kappa shape index (κ2) is 7.91. The van der Waals surface area contributed by atoms with E-state index in [4.69, 9.17) is 10.5 Å². The molecule has 1 fully saturated rings. The number of hydrogen-bond donors (Lipinski definition) is 1. The first-order valence-corrected chi connectivity index (χ1v) is 5.33. The van der Waals surface area contributed by atoms with E-state index in [0.717, 1.165) is 25.9 Å².